The normalized spacial score (nSPS) is 20.1. The highest BCUT2D eigenvalue weighted by atomic mass is 31.2. The number of benzene rings is 3. The average Bonchev–Trinajstić information content (AvgIpc) is 3.00. The number of carboxylic acids is 1. The van der Waals surface area contributed by atoms with Crippen LogP contribution in [-0.4, -0.2) is 81.8 Å². The second-order valence-electron chi connectivity index (χ2n) is 14.6. The fourth-order valence-corrected chi connectivity index (χ4v) is 9.32. The number of nitrogens with zero attached hydrogens (tertiary/aromatic N) is 2. The van der Waals surface area contributed by atoms with E-state index >= 15 is 0 Å². The average molecular weight is 695 g/mol. The maximum absolute atomic E-state index is 14.4. The molecule has 1 heterocycles. The number of hydrogen-bond donors (Lipinski definition) is 1. The van der Waals surface area contributed by atoms with Crippen LogP contribution in [0.4, 0.5) is 9.59 Å². The van der Waals surface area contributed by atoms with Gasteiger partial charge in [-0.1, -0.05) is 66.7 Å². The van der Waals surface area contributed by atoms with E-state index in [-0.39, 0.29) is 45.1 Å². The highest BCUT2D eigenvalue weighted by Crippen LogP contribution is 2.63. The largest absolute Gasteiger partial charge is 0.480 e. The van der Waals surface area contributed by atoms with E-state index in [4.69, 9.17) is 14.0 Å². The molecule has 0 bridgehead atoms. The van der Waals surface area contributed by atoms with Crippen molar-refractivity contribution in [1.82, 2.24) is 9.80 Å². The summed E-state index contributed by atoms with van der Waals surface area (Å²) in [6.45, 7) is 12.9. The Kier molecular flexibility index (Phi) is 12.0. The molecular formula is C38H51N2O8P. The molecular weight excluding hydrogens is 643 g/mol. The number of carbonyl (C=O) groups is 3. The van der Waals surface area contributed by atoms with Crippen molar-refractivity contribution < 1.29 is 38.1 Å². The number of aliphatic carboxylic acids is 1. The fraction of sp³-hybridized carbons (Fsp3) is 0.500. The Balaban J connectivity index is 1.57. The molecule has 0 aromatic heterocycles. The van der Waals surface area contributed by atoms with Crippen molar-refractivity contribution in [1.29, 1.82) is 0 Å². The Morgan fingerprint density at radius 2 is 1.45 bits per heavy atom. The van der Waals surface area contributed by atoms with E-state index < -0.39 is 41.9 Å². The van der Waals surface area contributed by atoms with Crippen LogP contribution in [0.1, 0.15) is 73.3 Å². The fourth-order valence-electron chi connectivity index (χ4n) is 6.35. The monoisotopic (exact) mass is 694 g/mol. The van der Waals surface area contributed by atoms with Crippen LogP contribution in [0.15, 0.2) is 66.7 Å². The van der Waals surface area contributed by atoms with Crippen molar-refractivity contribution >= 4 is 36.3 Å². The number of hydrogen-bond acceptors (Lipinski definition) is 8. The van der Waals surface area contributed by atoms with Gasteiger partial charge in [0.25, 0.3) is 0 Å². The molecule has 1 aliphatic rings. The summed E-state index contributed by atoms with van der Waals surface area (Å²) in [5, 5.41) is 11.4. The topological polar surface area (TPSA) is 123 Å². The number of ether oxygens (including phenoxy) is 2. The quantitative estimate of drug-likeness (QED) is 0.155. The summed E-state index contributed by atoms with van der Waals surface area (Å²) in [5.74, 6) is -1.17. The molecule has 49 heavy (non-hydrogen) atoms. The highest BCUT2D eigenvalue weighted by molar-refractivity contribution is 7.62. The predicted molar refractivity (Wildman–Crippen MR) is 192 cm³/mol. The number of amides is 2. The first-order valence-electron chi connectivity index (χ1n) is 17.0. The zero-order valence-electron chi connectivity index (χ0n) is 29.9. The van der Waals surface area contributed by atoms with Crippen LogP contribution in [0.2, 0.25) is 0 Å². The molecule has 2 unspecified atom stereocenters. The molecule has 4 rings (SSSR count). The van der Waals surface area contributed by atoms with Gasteiger partial charge in [0.2, 0.25) is 7.37 Å². The van der Waals surface area contributed by atoms with Gasteiger partial charge in [-0.3, -0.25) is 14.3 Å². The van der Waals surface area contributed by atoms with Crippen LogP contribution in [0.5, 0.6) is 0 Å². The van der Waals surface area contributed by atoms with Gasteiger partial charge >= 0.3 is 18.2 Å². The van der Waals surface area contributed by atoms with Crippen molar-refractivity contribution in [2.24, 2.45) is 0 Å². The minimum absolute atomic E-state index is 0.0331. The van der Waals surface area contributed by atoms with Gasteiger partial charge in [-0.2, -0.15) is 0 Å². The van der Waals surface area contributed by atoms with Crippen LogP contribution in [0.25, 0.3) is 21.9 Å². The van der Waals surface area contributed by atoms with E-state index in [0.29, 0.717) is 13.1 Å². The van der Waals surface area contributed by atoms with Crippen molar-refractivity contribution in [2.45, 2.75) is 90.6 Å². The zero-order valence-corrected chi connectivity index (χ0v) is 30.8. The van der Waals surface area contributed by atoms with Crippen LogP contribution in [-0.2, 0) is 29.9 Å². The first-order valence-corrected chi connectivity index (χ1v) is 18.8. The van der Waals surface area contributed by atoms with Crippen molar-refractivity contribution in [3.63, 3.8) is 0 Å². The van der Waals surface area contributed by atoms with Gasteiger partial charge in [-0.15, -0.1) is 0 Å². The Morgan fingerprint density at radius 1 is 0.857 bits per heavy atom. The molecule has 266 valence electrons. The lowest BCUT2D eigenvalue weighted by molar-refractivity contribution is -0.141. The predicted octanol–water partition coefficient (Wildman–Crippen LogP) is 8.80. The Labute approximate surface area is 290 Å². The molecule has 0 spiro atoms. The van der Waals surface area contributed by atoms with Crippen molar-refractivity contribution in [3.8, 4) is 11.1 Å². The number of carboxylic acid groups (broad SMARTS) is 1. The summed E-state index contributed by atoms with van der Waals surface area (Å²) in [5.41, 5.74) is 1.51. The van der Waals surface area contributed by atoms with Gasteiger partial charge in [-0.25, -0.2) is 14.5 Å². The molecule has 3 aromatic rings. The molecule has 0 radical (unpaired) electrons. The van der Waals surface area contributed by atoms with Gasteiger partial charge in [-0.05, 0) is 95.2 Å². The minimum atomic E-state index is -3.65. The Morgan fingerprint density at radius 3 is 2.08 bits per heavy atom. The van der Waals surface area contributed by atoms with Crippen molar-refractivity contribution in [3.05, 3.63) is 72.3 Å². The maximum Gasteiger partial charge on any atom is 0.419 e. The number of imide groups is 1. The van der Waals surface area contributed by atoms with Gasteiger partial charge in [0.15, 0.2) is 5.16 Å². The molecule has 0 saturated carbocycles. The van der Waals surface area contributed by atoms with Crippen molar-refractivity contribution in [2.75, 3.05) is 32.4 Å². The first kappa shape index (κ1) is 38.1. The molecule has 11 heteroatoms. The van der Waals surface area contributed by atoms with Crippen LogP contribution in [0.3, 0.4) is 0 Å². The number of rotatable bonds is 11. The number of fused-ring (bicyclic) bond motifs is 1. The molecule has 1 fully saturated rings. The lowest BCUT2D eigenvalue weighted by Crippen LogP contribution is -2.54. The summed E-state index contributed by atoms with van der Waals surface area (Å²) >= 11 is 0. The molecule has 2 amide bonds. The van der Waals surface area contributed by atoms with Gasteiger partial charge in [0, 0.05) is 32.3 Å². The van der Waals surface area contributed by atoms with E-state index in [0.717, 1.165) is 32.4 Å². The smallest absolute Gasteiger partial charge is 0.419 e. The summed E-state index contributed by atoms with van der Waals surface area (Å²) in [7, 11) is -3.65. The summed E-state index contributed by atoms with van der Waals surface area (Å²) < 4.78 is 31.2. The molecule has 1 N–H and O–H groups in total. The third kappa shape index (κ3) is 9.30. The number of carbonyl (C=O) groups excluding carboxylic acids is 2. The lowest BCUT2D eigenvalue weighted by atomic mass is 9.94. The highest BCUT2D eigenvalue weighted by Gasteiger charge is 2.58. The Bertz CT molecular complexity index is 1660. The molecule has 0 aliphatic carbocycles. The van der Waals surface area contributed by atoms with Gasteiger partial charge in [0.05, 0.1) is 6.61 Å². The molecule has 10 nitrogen and oxygen atoms in total. The standard InChI is InChI=1S/C38H51N2O8P/c1-8-46-49(45)25-24-39(26-29-17-10-12-20-31(29)32-21-15-18-28-16-9-11-19-30(28)32)27-38(49,33(41)42)22-13-14-23-40(34(43)47-36(2,3)4)35(44)48-37(5,6)7/h9-12,15-21H,8,13-14,22-27H2,1-7H3,(H,41,42). The first-order chi connectivity index (χ1) is 23.0. The van der Waals surface area contributed by atoms with Gasteiger partial charge in [0.1, 0.15) is 11.2 Å². The van der Waals surface area contributed by atoms with Crippen LogP contribution < -0.4 is 0 Å². The third-order valence-electron chi connectivity index (χ3n) is 8.52. The van der Waals surface area contributed by atoms with E-state index in [9.17, 15) is 24.1 Å². The summed E-state index contributed by atoms with van der Waals surface area (Å²) in [6.07, 6.45) is -1.02. The second kappa shape index (κ2) is 15.4. The van der Waals surface area contributed by atoms with E-state index in [1.165, 1.54) is 0 Å². The molecule has 1 saturated heterocycles. The van der Waals surface area contributed by atoms with E-state index in [1.807, 2.05) is 30.3 Å². The van der Waals surface area contributed by atoms with Crippen LogP contribution >= 0.6 is 7.37 Å². The number of unbranched alkanes of at least 4 members (excludes halogenated alkanes) is 1. The molecule has 2 atom stereocenters. The summed E-state index contributed by atoms with van der Waals surface area (Å²) in [6, 6.07) is 22.5. The van der Waals surface area contributed by atoms with Gasteiger partial charge < -0.3 is 19.1 Å². The van der Waals surface area contributed by atoms with Crippen LogP contribution in [0, 0.1) is 0 Å². The Hall–Kier alpha value is -3.72. The second-order valence-corrected chi connectivity index (χ2v) is 17.5. The maximum atomic E-state index is 14.4. The van der Waals surface area contributed by atoms with E-state index in [1.54, 1.807) is 48.5 Å². The lowest BCUT2D eigenvalue weighted by Gasteiger charge is -2.45. The minimum Gasteiger partial charge on any atom is -0.480 e. The SMILES string of the molecule is CCOP1(=O)CCN(Cc2ccccc2-c2cccc3ccccc23)CC1(CCCCN(C(=O)OC(C)(C)C)C(=O)OC(C)(C)C)C(=O)O. The summed E-state index contributed by atoms with van der Waals surface area (Å²) in [4.78, 5) is 42.2. The third-order valence-corrected chi connectivity index (χ3v) is 11.8. The molecule has 3 aromatic carbocycles. The zero-order chi connectivity index (χ0) is 36.0. The van der Waals surface area contributed by atoms with E-state index in [2.05, 4.69) is 41.3 Å². The molecule has 1 aliphatic heterocycles.